The van der Waals surface area contributed by atoms with Crippen molar-refractivity contribution in [2.24, 2.45) is 0 Å². The molecule has 0 saturated carbocycles. The smallest absolute Gasteiger partial charge is 0.229 e. The number of rotatable bonds is 6. The number of sulfonamides is 1. The van der Waals surface area contributed by atoms with Crippen molar-refractivity contribution in [2.45, 2.75) is 12.1 Å². The molecule has 3 heterocycles. The highest BCUT2D eigenvalue weighted by molar-refractivity contribution is 7.92. The number of hydrogen-bond donors (Lipinski definition) is 2. The molecule has 4 aromatic rings. The lowest BCUT2D eigenvalue weighted by atomic mass is 9.98. The van der Waals surface area contributed by atoms with E-state index >= 15 is 0 Å². The maximum atomic E-state index is 11.6. The minimum absolute atomic E-state index is 0.152. The Morgan fingerprint density at radius 1 is 0.941 bits per heavy atom. The summed E-state index contributed by atoms with van der Waals surface area (Å²) in [6, 6.07) is 25.0. The molecule has 0 spiro atoms. The molecule has 0 radical (unpaired) electrons. The molecule has 2 aromatic carbocycles. The second-order valence-electron chi connectivity index (χ2n) is 8.11. The van der Waals surface area contributed by atoms with Gasteiger partial charge in [-0.1, -0.05) is 24.3 Å². The molecule has 1 aliphatic heterocycles. The van der Waals surface area contributed by atoms with Crippen LogP contribution in [0.1, 0.15) is 23.3 Å². The topological polar surface area (TPSA) is 79.3 Å². The molecule has 9 heteroatoms. The van der Waals surface area contributed by atoms with Gasteiger partial charge in [-0.2, -0.15) is 0 Å². The number of thiocarbonyl (C=S) groups is 1. The number of benzene rings is 2. The Bertz CT molecular complexity index is 1400. The van der Waals surface area contributed by atoms with E-state index in [0.717, 1.165) is 28.9 Å². The molecule has 1 fully saturated rings. The molecule has 34 heavy (non-hydrogen) atoms. The first kappa shape index (κ1) is 22.1. The second kappa shape index (κ2) is 8.92. The van der Waals surface area contributed by atoms with Crippen molar-refractivity contribution in [1.82, 2.24) is 14.9 Å². The van der Waals surface area contributed by atoms with Gasteiger partial charge in [-0.15, -0.1) is 0 Å². The van der Waals surface area contributed by atoms with Crippen LogP contribution in [0.3, 0.4) is 0 Å². The van der Waals surface area contributed by atoms with Crippen molar-refractivity contribution in [3.63, 3.8) is 0 Å². The van der Waals surface area contributed by atoms with Crippen LogP contribution in [-0.2, 0) is 10.0 Å². The van der Waals surface area contributed by atoms with Crippen molar-refractivity contribution >= 4 is 38.7 Å². The third-order valence-corrected chi connectivity index (χ3v) is 6.58. The summed E-state index contributed by atoms with van der Waals surface area (Å²) in [5, 5.41) is 4.02. The number of aromatic nitrogens is 2. The highest BCUT2D eigenvalue weighted by Crippen LogP contribution is 2.42. The Balaban J connectivity index is 1.55. The summed E-state index contributed by atoms with van der Waals surface area (Å²) in [6.07, 6.45) is 7.06. The zero-order valence-electron chi connectivity index (χ0n) is 18.4. The van der Waals surface area contributed by atoms with Gasteiger partial charge in [-0.05, 0) is 72.4 Å². The average Bonchev–Trinajstić information content (AvgIpc) is 3.44. The van der Waals surface area contributed by atoms with E-state index in [0.29, 0.717) is 10.8 Å². The molecule has 1 aliphatic rings. The summed E-state index contributed by atoms with van der Waals surface area (Å²) in [4.78, 5) is 6.65. The summed E-state index contributed by atoms with van der Waals surface area (Å²) in [5.74, 6) is 0. The number of pyridine rings is 1. The summed E-state index contributed by atoms with van der Waals surface area (Å²) in [7, 11) is -3.35. The van der Waals surface area contributed by atoms with Crippen molar-refractivity contribution < 1.29 is 8.42 Å². The van der Waals surface area contributed by atoms with E-state index in [1.807, 2.05) is 54.7 Å². The van der Waals surface area contributed by atoms with Crippen LogP contribution in [0.25, 0.3) is 5.69 Å². The lowest BCUT2D eigenvalue weighted by molar-refractivity contribution is 0.568. The van der Waals surface area contributed by atoms with Crippen LogP contribution in [0, 0.1) is 0 Å². The van der Waals surface area contributed by atoms with Crippen LogP contribution >= 0.6 is 12.2 Å². The standard InChI is InChI=1S/C25H23N5O2S2/c1-34(31,32)28-19-10-12-21(13-11-19)30-24(23(27-25(30)33)22-9-5-6-15-26-22)18-14-16-29(17-18)20-7-3-2-4-8-20/h2-17,23-24,28H,1H3,(H,27,33)/t23-,24-/m1/s1. The van der Waals surface area contributed by atoms with Gasteiger partial charge in [0.05, 0.1) is 24.0 Å². The number of anilines is 2. The van der Waals surface area contributed by atoms with E-state index in [1.165, 1.54) is 0 Å². The molecule has 0 bridgehead atoms. The van der Waals surface area contributed by atoms with Gasteiger partial charge in [0.25, 0.3) is 0 Å². The van der Waals surface area contributed by atoms with E-state index in [-0.39, 0.29) is 12.1 Å². The maximum Gasteiger partial charge on any atom is 0.229 e. The van der Waals surface area contributed by atoms with E-state index in [4.69, 9.17) is 12.2 Å². The monoisotopic (exact) mass is 489 g/mol. The zero-order chi connectivity index (χ0) is 23.7. The fourth-order valence-electron chi connectivity index (χ4n) is 4.22. The van der Waals surface area contributed by atoms with Crippen LogP contribution in [0.4, 0.5) is 11.4 Å². The molecule has 2 N–H and O–H groups in total. The highest BCUT2D eigenvalue weighted by Gasteiger charge is 2.41. The van der Waals surface area contributed by atoms with E-state index in [1.54, 1.807) is 18.3 Å². The molecule has 2 atom stereocenters. The summed E-state index contributed by atoms with van der Waals surface area (Å²) >= 11 is 5.77. The molecule has 0 aliphatic carbocycles. The Morgan fingerprint density at radius 3 is 2.35 bits per heavy atom. The van der Waals surface area contributed by atoms with Gasteiger partial charge in [-0.3, -0.25) is 9.71 Å². The summed E-state index contributed by atoms with van der Waals surface area (Å²) in [5.41, 5.74) is 4.38. The van der Waals surface area contributed by atoms with Crippen molar-refractivity contribution in [3.8, 4) is 5.69 Å². The maximum absolute atomic E-state index is 11.6. The molecule has 172 valence electrons. The molecule has 0 amide bonds. The van der Waals surface area contributed by atoms with Crippen LogP contribution in [0.15, 0.2) is 97.5 Å². The SMILES string of the molecule is CS(=O)(=O)Nc1ccc(N2C(=S)N[C@H](c3ccccn3)[C@H]2c2ccn(-c3ccccc3)c2)cc1. The first-order chi connectivity index (χ1) is 16.4. The van der Waals surface area contributed by atoms with Crippen molar-refractivity contribution in [2.75, 3.05) is 15.9 Å². The number of hydrogen-bond acceptors (Lipinski definition) is 4. The molecule has 0 unspecified atom stereocenters. The average molecular weight is 490 g/mol. The quantitative estimate of drug-likeness (QED) is 0.391. The van der Waals surface area contributed by atoms with Crippen LogP contribution in [0.2, 0.25) is 0 Å². The minimum Gasteiger partial charge on any atom is -0.351 e. The molecular formula is C25H23N5O2S2. The molecule has 2 aromatic heterocycles. The normalized spacial score (nSPS) is 18.0. The van der Waals surface area contributed by atoms with Gasteiger partial charge in [0, 0.05) is 35.7 Å². The van der Waals surface area contributed by atoms with Crippen LogP contribution in [-0.4, -0.2) is 29.3 Å². The van der Waals surface area contributed by atoms with E-state index < -0.39 is 10.0 Å². The van der Waals surface area contributed by atoms with Gasteiger partial charge >= 0.3 is 0 Å². The Hall–Kier alpha value is -3.69. The first-order valence-electron chi connectivity index (χ1n) is 10.7. The van der Waals surface area contributed by atoms with Gasteiger partial charge in [0.1, 0.15) is 0 Å². The first-order valence-corrected chi connectivity index (χ1v) is 13.0. The molecular weight excluding hydrogens is 466 g/mol. The molecule has 7 nitrogen and oxygen atoms in total. The number of nitrogens with zero attached hydrogens (tertiary/aromatic N) is 3. The minimum atomic E-state index is -3.35. The number of nitrogens with one attached hydrogen (secondary N) is 2. The predicted molar refractivity (Wildman–Crippen MR) is 139 cm³/mol. The lowest BCUT2D eigenvalue weighted by Crippen LogP contribution is -2.29. The Kier molecular flexibility index (Phi) is 5.80. The predicted octanol–water partition coefficient (Wildman–Crippen LogP) is 4.42. The Labute approximate surface area is 204 Å². The largest absolute Gasteiger partial charge is 0.351 e. The van der Waals surface area contributed by atoms with Gasteiger partial charge < -0.3 is 14.8 Å². The second-order valence-corrected chi connectivity index (χ2v) is 10.2. The summed E-state index contributed by atoms with van der Waals surface area (Å²) in [6.45, 7) is 0. The van der Waals surface area contributed by atoms with E-state index in [2.05, 4.69) is 48.9 Å². The zero-order valence-corrected chi connectivity index (χ0v) is 20.0. The van der Waals surface area contributed by atoms with Gasteiger partial charge in [0.15, 0.2) is 5.11 Å². The third-order valence-electron chi connectivity index (χ3n) is 5.66. The number of para-hydroxylation sites is 1. The van der Waals surface area contributed by atoms with Crippen molar-refractivity contribution in [1.29, 1.82) is 0 Å². The third kappa shape index (κ3) is 4.52. The van der Waals surface area contributed by atoms with E-state index in [9.17, 15) is 8.42 Å². The van der Waals surface area contributed by atoms with Crippen molar-refractivity contribution in [3.05, 3.63) is 109 Å². The molecule has 1 saturated heterocycles. The highest BCUT2D eigenvalue weighted by atomic mass is 32.2. The fraction of sp³-hybridized carbons (Fsp3) is 0.120. The van der Waals surface area contributed by atoms with Gasteiger partial charge in [-0.25, -0.2) is 8.42 Å². The van der Waals surface area contributed by atoms with Crippen LogP contribution in [0.5, 0.6) is 0 Å². The molecule has 5 rings (SSSR count). The summed E-state index contributed by atoms with van der Waals surface area (Å²) < 4.78 is 27.8. The fourth-order valence-corrected chi connectivity index (χ4v) is 5.13. The lowest BCUT2D eigenvalue weighted by Gasteiger charge is -2.27. The van der Waals surface area contributed by atoms with Gasteiger partial charge in [0.2, 0.25) is 10.0 Å². The van der Waals surface area contributed by atoms with Crippen LogP contribution < -0.4 is 14.9 Å². The Morgan fingerprint density at radius 2 is 1.68 bits per heavy atom.